The molecule has 1 spiro atoms. The molecule has 0 bridgehead atoms. The molecule has 2 atom stereocenters. The molecular weight excluding hydrogens is 378 g/mol. The number of amides is 1. The van der Waals surface area contributed by atoms with E-state index in [1.165, 1.54) is 11.1 Å². The third kappa shape index (κ3) is 3.02. The number of carbonyl (C=O) groups is 1. The van der Waals surface area contributed by atoms with Crippen LogP contribution in [0.2, 0.25) is 0 Å². The fourth-order valence-corrected chi connectivity index (χ4v) is 6.46. The van der Waals surface area contributed by atoms with Gasteiger partial charge in [0.25, 0.3) is 0 Å². The Morgan fingerprint density at radius 3 is 2.50 bits per heavy atom. The summed E-state index contributed by atoms with van der Waals surface area (Å²) in [6.45, 7) is 9.44. The highest BCUT2D eigenvalue weighted by molar-refractivity contribution is 5.65. The Morgan fingerprint density at radius 1 is 1.17 bits per heavy atom. The SMILES string of the molecule is CC(C)(C)C1N([C@@H]2CCc3cc(-n4nccn4)ccc32)CC12CCN(C(=O)O)CC2. The summed E-state index contributed by atoms with van der Waals surface area (Å²) >= 11 is 0. The van der Waals surface area contributed by atoms with Gasteiger partial charge in [-0.25, -0.2) is 4.79 Å². The molecular formula is C23H31N5O2. The first-order chi connectivity index (χ1) is 14.3. The summed E-state index contributed by atoms with van der Waals surface area (Å²) in [5.41, 5.74) is 4.27. The second kappa shape index (κ2) is 6.80. The molecule has 0 radical (unpaired) electrons. The van der Waals surface area contributed by atoms with Crippen molar-refractivity contribution in [3.8, 4) is 5.69 Å². The number of carboxylic acid groups (broad SMARTS) is 1. The van der Waals surface area contributed by atoms with Crippen LogP contribution in [0.15, 0.2) is 30.6 Å². The topological polar surface area (TPSA) is 74.5 Å². The second-order valence-electron chi connectivity index (χ2n) is 10.3. The molecule has 2 aromatic rings. The van der Waals surface area contributed by atoms with Gasteiger partial charge in [0.2, 0.25) is 0 Å². The second-order valence-corrected chi connectivity index (χ2v) is 10.3. The lowest BCUT2D eigenvalue weighted by atomic mass is 9.57. The molecule has 1 aliphatic carbocycles. The third-order valence-corrected chi connectivity index (χ3v) is 7.48. The van der Waals surface area contributed by atoms with E-state index in [1.807, 2.05) is 0 Å². The number of aromatic nitrogens is 3. The largest absolute Gasteiger partial charge is 0.465 e. The van der Waals surface area contributed by atoms with Crippen LogP contribution in [0.4, 0.5) is 4.79 Å². The predicted molar refractivity (Wildman–Crippen MR) is 114 cm³/mol. The van der Waals surface area contributed by atoms with Gasteiger partial charge in [-0.2, -0.15) is 15.0 Å². The van der Waals surface area contributed by atoms with Crippen molar-refractivity contribution < 1.29 is 9.90 Å². The minimum absolute atomic E-state index is 0.158. The van der Waals surface area contributed by atoms with Crippen LogP contribution in [-0.4, -0.2) is 61.7 Å². The standard InChI is InChI=1S/C23H31N5O2/c1-22(2,3)20-23(8-12-26(13-9-23)21(29)30)15-27(20)19-7-4-16-14-17(5-6-18(16)19)28-24-10-11-25-28/h5-6,10-11,14,19-20H,4,7-9,12-13,15H2,1-3H3,(H,29,30)/t19-,20?/m1/s1. The van der Waals surface area contributed by atoms with Gasteiger partial charge in [0.05, 0.1) is 18.1 Å². The average molecular weight is 410 g/mol. The molecule has 5 rings (SSSR count). The Morgan fingerprint density at radius 2 is 1.87 bits per heavy atom. The van der Waals surface area contributed by atoms with E-state index in [1.54, 1.807) is 22.1 Å². The van der Waals surface area contributed by atoms with Gasteiger partial charge in [0.1, 0.15) is 0 Å². The maximum atomic E-state index is 11.4. The molecule has 1 unspecified atom stereocenters. The van der Waals surface area contributed by atoms with Crippen LogP contribution in [0.3, 0.4) is 0 Å². The van der Waals surface area contributed by atoms with Crippen LogP contribution in [0.1, 0.15) is 57.2 Å². The first kappa shape index (κ1) is 19.5. The molecule has 7 heteroatoms. The summed E-state index contributed by atoms with van der Waals surface area (Å²) in [4.78, 5) is 17.4. The number of benzene rings is 1. The molecule has 1 aromatic heterocycles. The van der Waals surface area contributed by atoms with Crippen LogP contribution in [0, 0.1) is 10.8 Å². The Labute approximate surface area is 177 Å². The van der Waals surface area contributed by atoms with Gasteiger partial charge >= 0.3 is 6.09 Å². The summed E-state index contributed by atoms with van der Waals surface area (Å²) in [6, 6.07) is 7.56. The maximum absolute atomic E-state index is 11.4. The molecule has 3 heterocycles. The van der Waals surface area contributed by atoms with Crippen LogP contribution in [0.25, 0.3) is 5.69 Å². The molecule has 1 aromatic carbocycles. The van der Waals surface area contributed by atoms with Crippen LogP contribution in [0.5, 0.6) is 0 Å². The van der Waals surface area contributed by atoms with E-state index in [0.717, 1.165) is 37.9 Å². The summed E-state index contributed by atoms with van der Waals surface area (Å²) in [5, 5.41) is 17.9. The maximum Gasteiger partial charge on any atom is 0.407 e. The van der Waals surface area contributed by atoms with Crippen LogP contribution in [-0.2, 0) is 6.42 Å². The van der Waals surface area contributed by atoms with Crippen molar-refractivity contribution in [2.24, 2.45) is 10.8 Å². The van der Waals surface area contributed by atoms with Gasteiger partial charge in [0.15, 0.2) is 0 Å². The van der Waals surface area contributed by atoms with Crippen molar-refractivity contribution in [1.82, 2.24) is 24.8 Å². The molecule has 2 saturated heterocycles. The molecule has 0 saturated carbocycles. The molecule has 1 amide bonds. The monoisotopic (exact) mass is 409 g/mol. The number of aryl methyl sites for hydroxylation is 1. The van der Waals surface area contributed by atoms with E-state index in [4.69, 9.17) is 0 Å². The van der Waals surface area contributed by atoms with Crippen molar-refractivity contribution in [3.05, 3.63) is 41.7 Å². The van der Waals surface area contributed by atoms with E-state index in [2.05, 4.69) is 54.1 Å². The molecule has 7 nitrogen and oxygen atoms in total. The average Bonchev–Trinajstić information content (AvgIpc) is 3.34. The number of likely N-dealkylation sites (tertiary alicyclic amines) is 2. The smallest absolute Gasteiger partial charge is 0.407 e. The van der Waals surface area contributed by atoms with E-state index in [9.17, 15) is 9.90 Å². The van der Waals surface area contributed by atoms with Crippen molar-refractivity contribution in [1.29, 1.82) is 0 Å². The third-order valence-electron chi connectivity index (χ3n) is 7.48. The first-order valence-corrected chi connectivity index (χ1v) is 11.0. The number of rotatable bonds is 2. The molecule has 160 valence electrons. The number of hydrogen-bond donors (Lipinski definition) is 1. The fraction of sp³-hybridized carbons (Fsp3) is 0.609. The van der Waals surface area contributed by atoms with E-state index >= 15 is 0 Å². The Hall–Kier alpha value is -2.41. The summed E-state index contributed by atoms with van der Waals surface area (Å²) < 4.78 is 0. The Balaban J connectivity index is 1.39. The molecule has 3 aliphatic rings. The lowest BCUT2D eigenvalue weighted by Gasteiger charge is -2.66. The highest BCUT2D eigenvalue weighted by atomic mass is 16.4. The molecule has 2 aliphatic heterocycles. The number of piperidine rings is 1. The van der Waals surface area contributed by atoms with Gasteiger partial charge < -0.3 is 10.0 Å². The molecule has 1 N–H and O–H groups in total. The quantitative estimate of drug-likeness (QED) is 0.818. The zero-order valence-electron chi connectivity index (χ0n) is 18.1. The van der Waals surface area contributed by atoms with Crippen molar-refractivity contribution in [2.75, 3.05) is 19.6 Å². The van der Waals surface area contributed by atoms with Gasteiger partial charge in [-0.05, 0) is 54.4 Å². The molecule has 30 heavy (non-hydrogen) atoms. The van der Waals surface area contributed by atoms with Crippen molar-refractivity contribution in [3.63, 3.8) is 0 Å². The van der Waals surface area contributed by atoms with Crippen molar-refractivity contribution in [2.45, 2.75) is 58.5 Å². The number of nitrogens with zero attached hydrogens (tertiary/aromatic N) is 5. The normalized spacial score (nSPS) is 25.9. The summed E-state index contributed by atoms with van der Waals surface area (Å²) in [7, 11) is 0. The van der Waals surface area contributed by atoms with E-state index in [-0.39, 0.29) is 10.8 Å². The Kier molecular flexibility index (Phi) is 4.43. The summed E-state index contributed by atoms with van der Waals surface area (Å²) in [5.74, 6) is 0. The van der Waals surface area contributed by atoms with E-state index in [0.29, 0.717) is 25.2 Å². The highest BCUT2D eigenvalue weighted by Gasteiger charge is 2.59. The fourth-order valence-electron chi connectivity index (χ4n) is 6.46. The van der Waals surface area contributed by atoms with Gasteiger partial charge in [-0.15, -0.1) is 0 Å². The molecule has 2 fully saturated rings. The highest BCUT2D eigenvalue weighted by Crippen LogP contribution is 2.57. The van der Waals surface area contributed by atoms with Gasteiger partial charge in [-0.1, -0.05) is 26.8 Å². The van der Waals surface area contributed by atoms with E-state index < -0.39 is 6.09 Å². The lowest BCUT2D eigenvalue weighted by Crippen LogP contribution is -2.71. The zero-order chi connectivity index (χ0) is 21.1. The minimum atomic E-state index is -0.777. The summed E-state index contributed by atoms with van der Waals surface area (Å²) in [6.07, 6.45) is 6.82. The Bertz CT molecular complexity index is 941. The predicted octanol–water partition coefficient (Wildman–Crippen LogP) is 3.75. The van der Waals surface area contributed by atoms with Crippen molar-refractivity contribution >= 4 is 6.09 Å². The van der Waals surface area contributed by atoms with Crippen LogP contribution >= 0.6 is 0 Å². The minimum Gasteiger partial charge on any atom is -0.465 e. The zero-order valence-corrected chi connectivity index (χ0v) is 18.1. The van der Waals surface area contributed by atoms with Crippen LogP contribution < -0.4 is 0 Å². The lowest BCUT2D eigenvalue weighted by molar-refractivity contribution is -0.169. The van der Waals surface area contributed by atoms with Gasteiger partial charge in [0, 0.05) is 37.1 Å². The first-order valence-electron chi connectivity index (χ1n) is 11.0. The number of fused-ring (bicyclic) bond motifs is 1. The number of hydrogen-bond acceptors (Lipinski definition) is 4. The van der Waals surface area contributed by atoms with Gasteiger partial charge in [-0.3, -0.25) is 4.90 Å².